The fraction of sp³-hybridized carbons (Fsp3) is 0.318. The second kappa shape index (κ2) is 8.06. The molecule has 0 atom stereocenters. The molecule has 2 aromatic rings. The van der Waals surface area contributed by atoms with Crippen molar-refractivity contribution in [3.63, 3.8) is 0 Å². The Kier molecular flexibility index (Phi) is 5.69. The molecule has 1 heterocycles. The molecular weight excluding hydrogens is 390 g/mol. The van der Waals surface area contributed by atoms with E-state index in [1.54, 1.807) is 26.8 Å². The lowest BCUT2D eigenvalue weighted by Crippen LogP contribution is -2.29. The predicted molar refractivity (Wildman–Crippen MR) is 109 cm³/mol. The van der Waals surface area contributed by atoms with E-state index in [1.165, 1.54) is 33.5 Å². The smallest absolute Gasteiger partial charge is 0.338 e. The first-order valence-electron chi connectivity index (χ1n) is 9.30. The molecule has 30 heavy (non-hydrogen) atoms. The molecule has 1 aliphatic rings. The fourth-order valence-corrected chi connectivity index (χ4v) is 3.70. The van der Waals surface area contributed by atoms with E-state index in [1.807, 2.05) is 0 Å². The van der Waals surface area contributed by atoms with Gasteiger partial charge in [-0.3, -0.25) is 9.59 Å². The molecule has 0 saturated carbocycles. The molecule has 0 fully saturated rings. The lowest BCUT2D eigenvalue weighted by molar-refractivity contribution is 0.0524. The minimum atomic E-state index is -0.535. The van der Waals surface area contributed by atoms with Gasteiger partial charge in [0.1, 0.15) is 0 Å². The van der Waals surface area contributed by atoms with E-state index in [-0.39, 0.29) is 23.4 Å². The molecule has 0 aromatic heterocycles. The number of carbonyl (C=O) groups is 3. The summed E-state index contributed by atoms with van der Waals surface area (Å²) in [6, 6.07) is 4.60. The molecule has 2 amide bonds. The van der Waals surface area contributed by atoms with Crippen molar-refractivity contribution < 1.29 is 33.3 Å². The van der Waals surface area contributed by atoms with Crippen molar-refractivity contribution in [3.05, 3.63) is 46.0 Å². The summed E-state index contributed by atoms with van der Waals surface area (Å²) in [5.41, 5.74) is 1.96. The van der Waals surface area contributed by atoms with Gasteiger partial charge < -0.3 is 18.9 Å². The van der Waals surface area contributed by atoms with Crippen LogP contribution in [0.5, 0.6) is 17.2 Å². The lowest BCUT2D eigenvalue weighted by atomic mass is 9.94. The molecule has 0 N–H and O–H groups in total. The molecule has 8 nitrogen and oxygen atoms in total. The highest BCUT2D eigenvalue weighted by Crippen LogP contribution is 2.43. The topological polar surface area (TPSA) is 91.4 Å². The minimum absolute atomic E-state index is 0.183. The molecule has 1 aliphatic heterocycles. The number of benzene rings is 2. The van der Waals surface area contributed by atoms with Gasteiger partial charge in [-0.15, -0.1) is 0 Å². The zero-order valence-corrected chi connectivity index (χ0v) is 17.7. The van der Waals surface area contributed by atoms with Crippen LogP contribution in [0.3, 0.4) is 0 Å². The highest BCUT2D eigenvalue weighted by Gasteiger charge is 2.40. The second-order valence-corrected chi connectivity index (χ2v) is 6.67. The zero-order chi connectivity index (χ0) is 22.2. The molecule has 0 aliphatic carbocycles. The Labute approximate surface area is 174 Å². The summed E-state index contributed by atoms with van der Waals surface area (Å²) in [5, 5.41) is 0. The summed E-state index contributed by atoms with van der Waals surface area (Å²) in [4.78, 5) is 39.8. The molecule has 2 aromatic carbocycles. The van der Waals surface area contributed by atoms with E-state index < -0.39 is 17.8 Å². The number of hydrogen-bond donors (Lipinski definition) is 0. The maximum Gasteiger partial charge on any atom is 0.338 e. The number of anilines is 1. The number of ether oxygens (including phenoxy) is 4. The van der Waals surface area contributed by atoms with Crippen molar-refractivity contribution in [3.8, 4) is 17.2 Å². The second-order valence-electron chi connectivity index (χ2n) is 6.67. The lowest BCUT2D eigenvalue weighted by Gasteiger charge is -2.18. The predicted octanol–water partition coefficient (Wildman–Crippen LogP) is 3.31. The van der Waals surface area contributed by atoms with Gasteiger partial charge in [0, 0.05) is 12.1 Å². The first kappa shape index (κ1) is 21.2. The normalized spacial score (nSPS) is 12.7. The van der Waals surface area contributed by atoms with Crippen LogP contribution < -0.4 is 19.1 Å². The summed E-state index contributed by atoms with van der Waals surface area (Å²) in [6.45, 7) is 5.26. The third kappa shape index (κ3) is 3.14. The number of hydrogen-bond acceptors (Lipinski definition) is 7. The van der Waals surface area contributed by atoms with E-state index >= 15 is 0 Å². The number of amides is 2. The molecule has 0 radical (unpaired) electrons. The first-order valence-corrected chi connectivity index (χ1v) is 9.30. The van der Waals surface area contributed by atoms with Crippen LogP contribution in [0, 0.1) is 13.8 Å². The van der Waals surface area contributed by atoms with Crippen LogP contribution in [0.15, 0.2) is 18.2 Å². The highest BCUT2D eigenvalue weighted by atomic mass is 16.5. The molecule has 0 bridgehead atoms. The van der Waals surface area contributed by atoms with E-state index in [2.05, 4.69) is 0 Å². The number of esters is 1. The Bertz CT molecular complexity index is 1030. The molecule has 8 heteroatoms. The number of methoxy groups -OCH3 is 3. The summed E-state index contributed by atoms with van der Waals surface area (Å²) in [7, 11) is 4.36. The monoisotopic (exact) mass is 413 g/mol. The SMILES string of the molecule is CCOC(=O)c1c(C)cc2c(c1C)C(=O)N(c1cc(OC)c(OC)c(OC)c1)C2=O. The van der Waals surface area contributed by atoms with Gasteiger partial charge in [-0.1, -0.05) is 0 Å². The number of nitrogens with zero attached hydrogens (tertiary/aromatic N) is 1. The van der Waals surface area contributed by atoms with Crippen LogP contribution in [0.4, 0.5) is 5.69 Å². The van der Waals surface area contributed by atoms with Crippen molar-refractivity contribution in [2.45, 2.75) is 20.8 Å². The van der Waals surface area contributed by atoms with Gasteiger partial charge in [0.15, 0.2) is 11.5 Å². The molecule has 158 valence electrons. The zero-order valence-electron chi connectivity index (χ0n) is 17.7. The highest BCUT2D eigenvalue weighted by molar-refractivity contribution is 6.35. The van der Waals surface area contributed by atoms with Crippen LogP contribution in [-0.2, 0) is 4.74 Å². The standard InChI is InChI=1S/C22H23NO7/c1-7-30-22(26)17-11(2)8-14-18(12(17)3)21(25)23(20(14)24)13-9-15(27-4)19(29-6)16(10-13)28-5/h8-10H,7H2,1-6H3. The van der Waals surface area contributed by atoms with Crippen LogP contribution in [0.2, 0.25) is 0 Å². The maximum atomic E-state index is 13.3. The number of rotatable bonds is 6. The quantitative estimate of drug-likeness (QED) is 0.530. The van der Waals surface area contributed by atoms with Crippen molar-refractivity contribution >= 4 is 23.5 Å². The Morgan fingerprint density at radius 3 is 2.03 bits per heavy atom. The van der Waals surface area contributed by atoms with Crippen LogP contribution in [-0.4, -0.2) is 45.7 Å². The van der Waals surface area contributed by atoms with Gasteiger partial charge in [-0.05, 0) is 38.0 Å². The third-order valence-electron chi connectivity index (χ3n) is 5.01. The van der Waals surface area contributed by atoms with Crippen LogP contribution in [0.25, 0.3) is 0 Å². The van der Waals surface area contributed by atoms with E-state index in [0.717, 1.165) is 4.90 Å². The van der Waals surface area contributed by atoms with E-state index in [4.69, 9.17) is 18.9 Å². The van der Waals surface area contributed by atoms with Crippen molar-refractivity contribution in [2.24, 2.45) is 0 Å². The fourth-order valence-electron chi connectivity index (χ4n) is 3.70. The maximum absolute atomic E-state index is 13.3. The molecule has 3 rings (SSSR count). The average molecular weight is 413 g/mol. The minimum Gasteiger partial charge on any atom is -0.493 e. The van der Waals surface area contributed by atoms with Crippen molar-refractivity contribution in [1.82, 2.24) is 0 Å². The van der Waals surface area contributed by atoms with Gasteiger partial charge in [0.2, 0.25) is 5.75 Å². The van der Waals surface area contributed by atoms with Crippen molar-refractivity contribution in [1.29, 1.82) is 0 Å². The Hall–Kier alpha value is -3.55. The number of fused-ring (bicyclic) bond motifs is 1. The number of imide groups is 1. The molecular formula is C22H23NO7. The Balaban J connectivity index is 2.17. The van der Waals surface area contributed by atoms with Gasteiger partial charge >= 0.3 is 5.97 Å². The van der Waals surface area contributed by atoms with Crippen LogP contribution >= 0.6 is 0 Å². The largest absolute Gasteiger partial charge is 0.493 e. The van der Waals surface area contributed by atoms with Crippen molar-refractivity contribution in [2.75, 3.05) is 32.8 Å². The summed E-state index contributed by atoms with van der Waals surface area (Å²) in [5.74, 6) is -0.594. The third-order valence-corrected chi connectivity index (χ3v) is 5.01. The van der Waals surface area contributed by atoms with E-state index in [9.17, 15) is 14.4 Å². The average Bonchev–Trinajstić information content (AvgIpc) is 2.97. The Morgan fingerprint density at radius 2 is 1.53 bits per heavy atom. The number of carbonyl (C=O) groups excluding carboxylic acids is 3. The summed E-state index contributed by atoms with van der Waals surface area (Å²) >= 11 is 0. The Morgan fingerprint density at radius 1 is 0.933 bits per heavy atom. The first-order chi connectivity index (χ1) is 14.3. The summed E-state index contributed by atoms with van der Waals surface area (Å²) < 4.78 is 21.1. The van der Waals surface area contributed by atoms with E-state index in [0.29, 0.717) is 33.9 Å². The summed E-state index contributed by atoms with van der Waals surface area (Å²) in [6.07, 6.45) is 0. The van der Waals surface area contributed by atoms with Gasteiger partial charge in [0.25, 0.3) is 11.8 Å². The van der Waals surface area contributed by atoms with Gasteiger partial charge in [-0.2, -0.15) is 0 Å². The number of aryl methyl sites for hydroxylation is 1. The molecule has 0 unspecified atom stereocenters. The molecule has 0 saturated heterocycles. The molecule has 0 spiro atoms. The van der Waals surface area contributed by atoms with Crippen LogP contribution in [0.1, 0.15) is 49.1 Å². The van der Waals surface area contributed by atoms with Gasteiger partial charge in [0.05, 0.1) is 50.3 Å². The van der Waals surface area contributed by atoms with Gasteiger partial charge in [-0.25, -0.2) is 9.69 Å².